The van der Waals surface area contributed by atoms with Gasteiger partial charge >= 0.3 is 0 Å². The van der Waals surface area contributed by atoms with E-state index in [1.807, 2.05) is 0 Å². The fourth-order valence-corrected chi connectivity index (χ4v) is 3.46. The summed E-state index contributed by atoms with van der Waals surface area (Å²) in [6.45, 7) is 0.885. The van der Waals surface area contributed by atoms with Crippen LogP contribution in [0.4, 0.5) is 0 Å². The number of rotatable bonds is 3. The maximum Gasteiger partial charge on any atom is 0.244 e. The van der Waals surface area contributed by atoms with Crippen LogP contribution in [0.25, 0.3) is 0 Å². The summed E-state index contributed by atoms with van der Waals surface area (Å²) in [4.78, 5) is 4.10. The molecule has 2 heterocycles. The highest BCUT2D eigenvalue weighted by Gasteiger charge is 2.29. The van der Waals surface area contributed by atoms with E-state index in [0.29, 0.717) is 19.0 Å². The molecule has 0 unspecified atom stereocenters. The van der Waals surface area contributed by atoms with Gasteiger partial charge in [0.2, 0.25) is 15.9 Å². The number of pyridine rings is 1. The van der Waals surface area contributed by atoms with Crippen LogP contribution in [-0.4, -0.2) is 43.9 Å². The Hall–Kier alpha value is -1.18. The van der Waals surface area contributed by atoms with Crippen molar-refractivity contribution in [3.05, 3.63) is 18.3 Å². The highest BCUT2D eigenvalue weighted by Crippen LogP contribution is 2.20. The van der Waals surface area contributed by atoms with E-state index >= 15 is 0 Å². The zero-order chi connectivity index (χ0) is 13.2. The molecule has 100 valence electrons. The number of piperidine rings is 1. The highest BCUT2D eigenvalue weighted by molar-refractivity contribution is 7.89. The van der Waals surface area contributed by atoms with Gasteiger partial charge in [0.25, 0.3) is 0 Å². The number of sulfonamides is 1. The van der Waals surface area contributed by atoms with Gasteiger partial charge in [-0.25, -0.2) is 13.4 Å². The van der Waals surface area contributed by atoms with E-state index in [2.05, 4.69) is 4.98 Å². The molecule has 0 aromatic carbocycles. The third-order valence-corrected chi connectivity index (χ3v) is 4.83. The summed E-state index contributed by atoms with van der Waals surface area (Å²) in [5, 5.41) is 0. The smallest absolute Gasteiger partial charge is 0.244 e. The Morgan fingerprint density at radius 3 is 2.83 bits per heavy atom. The van der Waals surface area contributed by atoms with E-state index in [1.54, 1.807) is 0 Å². The van der Waals surface area contributed by atoms with Gasteiger partial charge < -0.3 is 10.5 Å². The molecule has 0 bridgehead atoms. The van der Waals surface area contributed by atoms with Crippen LogP contribution in [0.15, 0.2) is 23.2 Å². The molecule has 0 saturated carbocycles. The predicted octanol–water partition coefficient (Wildman–Crippen LogP) is 0.202. The second kappa shape index (κ2) is 5.21. The first kappa shape index (κ1) is 13.3. The molecule has 1 fully saturated rings. The number of methoxy groups -OCH3 is 1. The first-order valence-corrected chi connectivity index (χ1v) is 7.24. The van der Waals surface area contributed by atoms with E-state index in [9.17, 15) is 8.42 Å². The zero-order valence-electron chi connectivity index (χ0n) is 10.2. The van der Waals surface area contributed by atoms with E-state index in [1.165, 1.54) is 29.7 Å². The fraction of sp³-hybridized carbons (Fsp3) is 0.545. The second-order valence-electron chi connectivity index (χ2n) is 4.30. The van der Waals surface area contributed by atoms with Gasteiger partial charge in [0.15, 0.2) is 0 Å². The molecule has 0 aliphatic carbocycles. The van der Waals surface area contributed by atoms with Gasteiger partial charge in [-0.05, 0) is 18.9 Å². The van der Waals surface area contributed by atoms with Gasteiger partial charge in [0.05, 0.1) is 13.3 Å². The lowest BCUT2D eigenvalue weighted by molar-refractivity contribution is 0.316. The summed E-state index contributed by atoms with van der Waals surface area (Å²) in [5.41, 5.74) is 5.80. The standard InChI is InChI=1S/C11H17N3O3S/c1-17-11-5-4-10(7-13-11)18(15,16)14-6-2-3-9(12)8-14/h4-5,7,9H,2-3,6,8,12H2,1H3/t9-/m1/s1. The summed E-state index contributed by atoms with van der Waals surface area (Å²) in [7, 11) is -2.00. The normalized spacial score (nSPS) is 21.8. The molecule has 0 spiro atoms. The first-order valence-electron chi connectivity index (χ1n) is 5.80. The number of hydrogen-bond acceptors (Lipinski definition) is 5. The Bertz CT molecular complexity index is 501. The van der Waals surface area contributed by atoms with Crippen LogP contribution in [0.3, 0.4) is 0 Å². The van der Waals surface area contributed by atoms with Crippen molar-refractivity contribution >= 4 is 10.0 Å². The Morgan fingerprint density at radius 2 is 2.28 bits per heavy atom. The maximum atomic E-state index is 12.3. The van der Waals surface area contributed by atoms with Crippen molar-refractivity contribution in [3.63, 3.8) is 0 Å². The van der Waals surface area contributed by atoms with Crippen LogP contribution in [-0.2, 0) is 10.0 Å². The predicted molar refractivity (Wildman–Crippen MR) is 66.8 cm³/mol. The Balaban J connectivity index is 2.23. The van der Waals surface area contributed by atoms with Gasteiger partial charge in [-0.15, -0.1) is 0 Å². The summed E-state index contributed by atoms with van der Waals surface area (Å²) < 4.78 is 31.0. The third kappa shape index (κ3) is 2.63. The Labute approximate surface area is 107 Å². The van der Waals surface area contributed by atoms with Crippen molar-refractivity contribution in [2.75, 3.05) is 20.2 Å². The molecule has 18 heavy (non-hydrogen) atoms. The van der Waals surface area contributed by atoms with Gasteiger partial charge in [0, 0.05) is 25.2 Å². The Kier molecular flexibility index (Phi) is 3.84. The second-order valence-corrected chi connectivity index (χ2v) is 6.24. The monoisotopic (exact) mass is 271 g/mol. The summed E-state index contributed by atoms with van der Waals surface area (Å²) >= 11 is 0. The minimum atomic E-state index is -3.48. The van der Waals surface area contributed by atoms with E-state index in [4.69, 9.17) is 10.5 Å². The highest BCUT2D eigenvalue weighted by atomic mass is 32.2. The molecule has 2 N–H and O–H groups in total. The third-order valence-electron chi connectivity index (χ3n) is 2.98. The van der Waals surface area contributed by atoms with E-state index < -0.39 is 10.0 Å². The lowest BCUT2D eigenvalue weighted by Gasteiger charge is -2.29. The van der Waals surface area contributed by atoms with Crippen molar-refractivity contribution in [2.24, 2.45) is 5.73 Å². The summed E-state index contributed by atoms with van der Waals surface area (Å²) in [6, 6.07) is 2.96. The van der Waals surface area contributed by atoms with Crippen molar-refractivity contribution in [2.45, 2.75) is 23.8 Å². The van der Waals surface area contributed by atoms with Gasteiger partial charge in [-0.2, -0.15) is 4.31 Å². The van der Waals surface area contributed by atoms with Crippen molar-refractivity contribution in [1.82, 2.24) is 9.29 Å². The molecule has 1 aromatic heterocycles. The number of nitrogens with two attached hydrogens (primary N) is 1. The molecule has 1 aliphatic heterocycles. The van der Waals surface area contributed by atoms with Crippen LogP contribution in [0, 0.1) is 0 Å². The van der Waals surface area contributed by atoms with E-state index in [0.717, 1.165) is 12.8 Å². The van der Waals surface area contributed by atoms with Gasteiger partial charge in [-0.3, -0.25) is 0 Å². The topological polar surface area (TPSA) is 85.5 Å². The van der Waals surface area contributed by atoms with Crippen LogP contribution in [0.1, 0.15) is 12.8 Å². The molecule has 2 rings (SSSR count). The average molecular weight is 271 g/mol. The molecular weight excluding hydrogens is 254 g/mol. The zero-order valence-corrected chi connectivity index (χ0v) is 11.1. The van der Waals surface area contributed by atoms with Crippen LogP contribution in [0.5, 0.6) is 5.88 Å². The quantitative estimate of drug-likeness (QED) is 0.849. The molecule has 1 aliphatic rings. The molecule has 6 nitrogen and oxygen atoms in total. The number of ether oxygens (including phenoxy) is 1. The SMILES string of the molecule is COc1ccc(S(=O)(=O)N2CCC[C@@H](N)C2)cn1. The summed E-state index contributed by atoms with van der Waals surface area (Å²) in [5.74, 6) is 0.393. The van der Waals surface area contributed by atoms with Crippen molar-refractivity contribution in [1.29, 1.82) is 0 Å². The van der Waals surface area contributed by atoms with Crippen LogP contribution >= 0.6 is 0 Å². The van der Waals surface area contributed by atoms with Gasteiger partial charge in [-0.1, -0.05) is 0 Å². The number of nitrogens with zero attached hydrogens (tertiary/aromatic N) is 2. The molecule has 1 saturated heterocycles. The molecular formula is C11H17N3O3S. The lowest BCUT2D eigenvalue weighted by Crippen LogP contribution is -2.45. The maximum absolute atomic E-state index is 12.3. The number of hydrogen-bond donors (Lipinski definition) is 1. The fourth-order valence-electron chi connectivity index (χ4n) is 1.98. The average Bonchev–Trinajstić information content (AvgIpc) is 2.39. The Morgan fingerprint density at radius 1 is 1.50 bits per heavy atom. The minimum Gasteiger partial charge on any atom is -0.481 e. The lowest BCUT2D eigenvalue weighted by atomic mass is 10.1. The van der Waals surface area contributed by atoms with Crippen LogP contribution in [0.2, 0.25) is 0 Å². The molecule has 1 aromatic rings. The molecule has 1 atom stereocenters. The number of aromatic nitrogens is 1. The minimum absolute atomic E-state index is 0.0836. The molecule has 0 radical (unpaired) electrons. The summed E-state index contributed by atoms with van der Waals surface area (Å²) in [6.07, 6.45) is 2.98. The van der Waals surface area contributed by atoms with Crippen molar-refractivity contribution < 1.29 is 13.2 Å². The largest absolute Gasteiger partial charge is 0.481 e. The van der Waals surface area contributed by atoms with E-state index in [-0.39, 0.29) is 10.9 Å². The van der Waals surface area contributed by atoms with Crippen molar-refractivity contribution in [3.8, 4) is 5.88 Å². The molecule has 7 heteroatoms. The first-order chi connectivity index (χ1) is 8.54. The van der Waals surface area contributed by atoms with Crippen LogP contribution < -0.4 is 10.5 Å². The van der Waals surface area contributed by atoms with Gasteiger partial charge in [0.1, 0.15) is 4.90 Å². The molecule has 0 amide bonds.